The normalized spacial score (nSPS) is 14.7. The molecule has 0 saturated heterocycles. The first-order valence-electron chi connectivity index (χ1n) is 8.75. The monoisotopic (exact) mass is 347 g/mol. The molecule has 2 N–H and O–H groups in total. The van der Waals surface area contributed by atoms with Gasteiger partial charge in [-0.1, -0.05) is 42.5 Å². The predicted octanol–water partition coefficient (Wildman–Crippen LogP) is 1.86. The second-order valence-corrected chi connectivity index (χ2v) is 6.58. The molecule has 3 aromatic rings. The van der Waals surface area contributed by atoms with Crippen LogP contribution in [0.25, 0.3) is 11.1 Å². The van der Waals surface area contributed by atoms with E-state index in [-0.39, 0.29) is 5.91 Å². The second kappa shape index (κ2) is 7.09. The smallest absolute Gasteiger partial charge is 0.241 e. The van der Waals surface area contributed by atoms with Crippen LogP contribution in [0.3, 0.4) is 0 Å². The molecule has 0 fully saturated rings. The topological polar surface area (TPSA) is 77.0 Å². The van der Waals surface area contributed by atoms with Crippen molar-refractivity contribution in [2.75, 3.05) is 6.54 Å². The molecular formula is C20H21N5O. The predicted molar refractivity (Wildman–Crippen MR) is 99.0 cm³/mol. The third kappa shape index (κ3) is 3.36. The Morgan fingerprint density at radius 2 is 1.96 bits per heavy atom. The lowest BCUT2D eigenvalue weighted by Gasteiger charge is -2.31. The molecule has 0 bridgehead atoms. The Labute approximate surface area is 152 Å². The SMILES string of the molecule is NC(Cn1cncn1)C(=O)N1CCc2ccc(-c3ccccc3)cc2C1. The van der Waals surface area contributed by atoms with E-state index in [0.29, 0.717) is 19.6 Å². The van der Waals surface area contributed by atoms with Crippen LogP contribution in [0.5, 0.6) is 0 Å². The van der Waals surface area contributed by atoms with Gasteiger partial charge >= 0.3 is 0 Å². The van der Waals surface area contributed by atoms with Crippen LogP contribution in [0.4, 0.5) is 0 Å². The number of nitrogens with zero attached hydrogens (tertiary/aromatic N) is 4. The summed E-state index contributed by atoms with van der Waals surface area (Å²) in [6.07, 6.45) is 3.87. The Balaban J connectivity index is 1.50. The molecule has 0 radical (unpaired) electrons. The van der Waals surface area contributed by atoms with Crippen molar-refractivity contribution in [3.8, 4) is 11.1 Å². The first-order valence-corrected chi connectivity index (χ1v) is 8.75. The molecule has 0 aliphatic carbocycles. The van der Waals surface area contributed by atoms with Gasteiger partial charge in [0.05, 0.1) is 6.54 Å². The lowest BCUT2D eigenvalue weighted by Crippen LogP contribution is -2.47. The first-order chi connectivity index (χ1) is 12.7. The van der Waals surface area contributed by atoms with Crippen LogP contribution in [0, 0.1) is 0 Å². The molecule has 1 amide bonds. The van der Waals surface area contributed by atoms with Crippen molar-refractivity contribution in [2.24, 2.45) is 5.73 Å². The van der Waals surface area contributed by atoms with Gasteiger partial charge in [-0.05, 0) is 34.7 Å². The molecule has 2 aromatic carbocycles. The zero-order valence-electron chi connectivity index (χ0n) is 14.5. The minimum Gasteiger partial charge on any atom is -0.337 e. The van der Waals surface area contributed by atoms with Gasteiger partial charge in [0, 0.05) is 13.1 Å². The Kier molecular flexibility index (Phi) is 4.50. The molecule has 0 saturated carbocycles. The van der Waals surface area contributed by atoms with Crippen LogP contribution >= 0.6 is 0 Å². The fraction of sp³-hybridized carbons (Fsp3) is 0.250. The van der Waals surface area contributed by atoms with Gasteiger partial charge in [-0.3, -0.25) is 9.48 Å². The molecule has 26 heavy (non-hydrogen) atoms. The second-order valence-electron chi connectivity index (χ2n) is 6.58. The standard InChI is InChI=1S/C20H21N5O/c21-19(12-25-14-22-13-23-25)20(26)24-9-8-16-6-7-17(10-18(16)11-24)15-4-2-1-3-5-15/h1-7,10,13-14,19H,8-9,11-12,21H2. The van der Waals surface area contributed by atoms with E-state index < -0.39 is 6.04 Å². The molecule has 1 aliphatic rings. The molecule has 6 nitrogen and oxygen atoms in total. The molecule has 6 heteroatoms. The zero-order chi connectivity index (χ0) is 17.9. The lowest BCUT2D eigenvalue weighted by atomic mass is 9.94. The number of aromatic nitrogens is 3. The number of amides is 1. The van der Waals surface area contributed by atoms with Crippen LogP contribution < -0.4 is 5.73 Å². The summed E-state index contributed by atoms with van der Waals surface area (Å²) in [6, 6.07) is 16.2. The molecule has 1 aliphatic heterocycles. The van der Waals surface area contributed by atoms with Crippen molar-refractivity contribution < 1.29 is 4.79 Å². The van der Waals surface area contributed by atoms with Crippen molar-refractivity contribution in [1.82, 2.24) is 19.7 Å². The quantitative estimate of drug-likeness (QED) is 0.781. The fourth-order valence-electron chi connectivity index (χ4n) is 3.40. The first kappa shape index (κ1) is 16.5. The molecular weight excluding hydrogens is 326 g/mol. The summed E-state index contributed by atoms with van der Waals surface area (Å²) in [5.41, 5.74) is 11.0. The summed E-state index contributed by atoms with van der Waals surface area (Å²) in [5, 5.41) is 4.02. The van der Waals surface area contributed by atoms with Crippen molar-refractivity contribution in [3.05, 3.63) is 72.3 Å². The van der Waals surface area contributed by atoms with E-state index in [9.17, 15) is 4.79 Å². The highest BCUT2D eigenvalue weighted by Gasteiger charge is 2.25. The van der Waals surface area contributed by atoms with Crippen molar-refractivity contribution in [3.63, 3.8) is 0 Å². The van der Waals surface area contributed by atoms with Gasteiger partial charge in [0.1, 0.15) is 18.7 Å². The number of nitrogens with two attached hydrogens (primary N) is 1. The van der Waals surface area contributed by atoms with Crippen LogP contribution in [0.1, 0.15) is 11.1 Å². The highest BCUT2D eigenvalue weighted by molar-refractivity contribution is 5.82. The average molecular weight is 347 g/mol. The van der Waals surface area contributed by atoms with Crippen LogP contribution in [-0.4, -0.2) is 38.2 Å². The summed E-state index contributed by atoms with van der Waals surface area (Å²) >= 11 is 0. The van der Waals surface area contributed by atoms with Crippen LogP contribution in [-0.2, 0) is 24.3 Å². The van der Waals surface area contributed by atoms with Gasteiger partial charge in [0.25, 0.3) is 0 Å². The van der Waals surface area contributed by atoms with E-state index >= 15 is 0 Å². The third-order valence-corrected chi connectivity index (χ3v) is 4.80. The van der Waals surface area contributed by atoms with E-state index in [0.717, 1.165) is 6.42 Å². The van der Waals surface area contributed by atoms with Gasteiger partial charge in [-0.2, -0.15) is 5.10 Å². The number of rotatable bonds is 4. The van der Waals surface area contributed by atoms with Gasteiger partial charge in [0.15, 0.2) is 0 Å². The van der Waals surface area contributed by atoms with Crippen molar-refractivity contribution in [2.45, 2.75) is 25.6 Å². The largest absolute Gasteiger partial charge is 0.337 e. The fourth-order valence-corrected chi connectivity index (χ4v) is 3.40. The van der Waals surface area contributed by atoms with E-state index in [1.54, 1.807) is 11.0 Å². The minimum absolute atomic E-state index is 0.0451. The van der Waals surface area contributed by atoms with Crippen LogP contribution in [0.15, 0.2) is 61.2 Å². The summed E-state index contributed by atoms with van der Waals surface area (Å²) < 4.78 is 1.59. The van der Waals surface area contributed by atoms with E-state index in [2.05, 4.69) is 40.4 Å². The maximum absolute atomic E-state index is 12.7. The number of hydrogen-bond donors (Lipinski definition) is 1. The van der Waals surface area contributed by atoms with Crippen LogP contribution in [0.2, 0.25) is 0 Å². The summed E-state index contributed by atoms with van der Waals surface area (Å²) in [7, 11) is 0. The number of carbonyl (C=O) groups is 1. The van der Waals surface area contributed by atoms with Gasteiger partial charge in [-0.25, -0.2) is 4.98 Å². The Bertz CT molecular complexity index is 892. The van der Waals surface area contributed by atoms with Gasteiger partial charge < -0.3 is 10.6 Å². The maximum Gasteiger partial charge on any atom is 0.241 e. The molecule has 1 aromatic heterocycles. The summed E-state index contributed by atoms with van der Waals surface area (Å²) in [6.45, 7) is 1.63. The van der Waals surface area contributed by atoms with E-state index in [4.69, 9.17) is 5.73 Å². The number of hydrogen-bond acceptors (Lipinski definition) is 4. The average Bonchev–Trinajstić information content (AvgIpc) is 3.20. The molecule has 4 rings (SSSR count). The molecule has 1 atom stereocenters. The summed E-state index contributed by atoms with van der Waals surface area (Å²) in [5.74, 6) is -0.0451. The Hall–Kier alpha value is -2.99. The highest BCUT2D eigenvalue weighted by Crippen LogP contribution is 2.26. The number of fused-ring (bicyclic) bond motifs is 1. The van der Waals surface area contributed by atoms with E-state index in [1.165, 1.54) is 28.6 Å². The minimum atomic E-state index is -0.615. The Morgan fingerprint density at radius 1 is 1.12 bits per heavy atom. The van der Waals surface area contributed by atoms with E-state index in [1.807, 2.05) is 23.1 Å². The van der Waals surface area contributed by atoms with Gasteiger partial charge in [0.2, 0.25) is 5.91 Å². The lowest BCUT2D eigenvalue weighted by molar-refractivity contribution is -0.133. The molecule has 132 valence electrons. The third-order valence-electron chi connectivity index (χ3n) is 4.80. The zero-order valence-corrected chi connectivity index (χ0v) is 14.5. The van der Waals surface area contributed by atoms with Gasteiger partial charge in [-0.15, -0.1) is 0 Å². The highest BCUT2D eigenvalue weighted by atomic mass is 16.2. The Morgan fingerprint density at radius 3 is 2.73 bits per heavy atom. The number of benzene rings is 2. The maximum atomic E-state index is 12.7. The van der Waals surface area contributed by atoms with Crippen molar-refractivity contribution in [1.29, 1.82) is 0 Å². The molecule has 1 unspecified atom stereocenters. The summed E-state index contributed by atoms with van der Waals surface area (Å²) in [4.78, 5) is 18.5. The number of carbonyl (C=O) groups excluding carboxylic acids is 1. The molecule has 2 heterocycles. The molecule has 0 spiro atoms. The van der Waals surface area contributed by atoms with Crippen molar-refractivity contribution >= 4 is 5.91 Å².